The Morgan fingerprint density at radius 2 is 1.77 bits per heavy atom. The summed E-state index contributed by atoms with van der Waals surface area (Å²) in [6.07, 6.45) is 9.26. The lowest BCUT2D eigenvalue weighted by Crippen LogP contribution is -2.40. The summed E-state index contributed by atoms with van der Waals surface area (Å²) in [4.78, 5) is 34.4. The molecule has 0 aliphatic heterocycles. The highest BCUT2D eigenvalue weighted by atomic mass is 16.5. The molecule has 2 rings (SSSR count). The minimum absolute atomic E-state index is 0.00431. The first-order valence-corrected chi connectivity index (χ1v) is 11.2. The molecule has 9 nitrogen and oxygen atoms in total. The second-order valence-electron chi connectivity index (χ2n) is 6.23. The lowest BCUT2D eigenvalue weighted by Gasteiger charge is -2.00. The van der Waals surface area contributed by atoms with Gasteiger partial charge in [-0.05, 0) is 37.1 Å². The molecule has 3 N–H and O–H groups in total. The summed E-state index contributed by atoms with van der Waals surface area (Å²) < 4.78 is 4.71. The second kappa shape index (κ2) is 26.4. The third kappa shape index (κ3) is 21.7. The maximum Gasteiger partial charge on any atom is 0.253 e. The van der Waals surface area contributed by atoms with Crippen molar-refractivity contribution in [1.29, 1.82) is 0 Å². The van der Waals surface area contributed by atoms with Gasteiger partial charge in [0.05, 0.1) is 12.2 Å². The van der Waals surface area contributed by atoms with Gasteiger partial charge in [-0.3, -0.25) is 24.8 Å². The van der Waals surface area contributed by atoms with Crippen molar-refractivity contribution in [3.05, 3.63) is 78.5 Å². The molecule has 0 saturated carbocycles. The van der Waals surface area contributed by atoms with Crippen LogP contribution in [0.4, 0.5) is 0 Å². The molecule has 0 aliphatic rings. The average molecular weight is 488 g/mol. The van der Waals surface area contributed by atoms with Crippen LogP contribution in [0.5, 0.6) is 0 Å². The zero-order valence-electron chi connectivity index (χ0n) is 22.1. The Bertz CT molecular complexity index is 860. The van der Waals surface area contributed by atoms with Crippen LogP contribution in [0.25, 0.3) is 5.57 Å². The van der Waals surface area contributed by atoms with E-state index in [0.717, 1.165) is 28.9 Å². The fourth-order valence-electron chi connectivity index (χ4n) is 1.91. The van der Waals surface area contributed by atoms with Gasteiger partial charge in [-0.1, -0.05) is 70.7 Å². The van der Waals surface area contributed by atoms with Crippen LogP contribution in [0.1, 0.15) is 61.6 Å². The summed E-state index contributed by atoms with van der Waals surface area (Å²) in [7, 11) is 1.57. The van der Waals surface area contributed by atoms with E-state index in [0.29, 0.717) is 12.1 Å². The molecule has 0 saturated heterocycles. The normalized spacial score (nSPS) is 8.94. The number of hydrazine groups is 1. The number of carbonyl (C=O) groups is 3. The third-order valence-electron chi connectivity index (χ3n) is 3.11. The van der Waals surface area contributed by atoms with E-state index in [1.54, 1.807) is 31.5 Å². The topological polar surface area (TPSA) is 126 Å². The summed E-state index contributed by atoms with van der Waals surface area (Å²) in [5.74, 6) is 0.599. The third-order valence-corrected chi connectivity index (χ3v) is 3.11. The Kier molecular flexibility index (Phi) is 27.0. The van der Waals surface area contributed by atoms with Gasteiger partial charge in [-0.15, -0.1) is 0 Å². The zero-order valence-corrected chi connectivity index (χ0v) is 22.1. The predicted octanol–water partition coefficient (Wildman–Crippen LogP) is 4.37. The fourth-order valence-corrected chi connectivity index (χ4v) is 1.91. The van der Waals surface area contributed by atoms with Crippen LogP contribution in [-0.2, 0) is 9.59 Å². The van der Waals surface area contributed by atoms with Crippen molar-refractivity contribution in [2.75, 3.05) is 13.6 Å². The van der Waals surface area contributed by atoms with Gasteiger partial charge in [0.2, 0.25) is 6.41 Å². The number of carbonyl (C=O) groups excluding carboxylic acids is 3. The molecule has 2 aromatic rings. The number of aryl methyl sites for hydroxylation is 2. The van der Waals surface area contributed by atoms with Crippen molar-refractivity contribution in [1.82, 2.24) is 26.3 Å². The van der Waals surface area contributed by atoms with E-state index in [1.165, 1.54) is 6.42 Å². The van der Waals surface area contributed by atoms with Crippen molar-refractivity contribution in [3.63, 3.8) is 0 Å². The molecule has 0 fully saturated rings. The van der Waals surface area contributed by atoms with E-state index in [9.17, 15) is 14.4 Å². The fraction of sp³-hybridized carbons (Fsp3) is 0.346. The van der Waals surface area contributed by atoms with Gasteiger partial charge in [0.15, 0.2) is 6.29 Å². The van der Waals surface area contributed by atoms with Crippen molar-refractivity contribution >= 4 is 24.2 Å². The monoisotopic (exact) mass is 487 g/mol. The molecule has 0 unspecified atom stereocenters. The van der Waals surface area contributed by atoms with E-state index in [4.69, 9.17) is 4.52 Å². The first-order valence-electron chi connectivity index (χ1n) is 11.2. The van der Waals surface area contributed by atoms with Crippen LogP contribution in [0.15, 0.2) is 60.3 Å². The van der Waals surface area contributed by atoms with Crippen molar-refractivity contribution in [2.45, 2.75) is 48.0 Å². The number of aldehydes is 1. The Balaban J connectivity index is -0.000000421. The average Bonchev–Trinajstić information content (AvgIpc) is 3.26. The van der Waals surface area contributed by atoms with Crippen LogP contribution < -0.4 is 16.2 Å². The number of amides is 2. The minimum Gasteiger partial charge on any atom is -0.361 e. The molecule has 2 amide bonds. The van der Waals surface area contributed by atoms with E-state index < -0.39 is 0 Å². The molecule has 9 heteroatoms. The molecular formula is C26H41N5O4. The zero-order chi connectivity index (χ0) is 27.5. The summed E-state index contributed by atoms with van der Waals surface area (Å²) in [6.45, 7) is 19.3. The van der Waals surface area contributed by atoms with Crippen molar-refractivity contribution in [2.24, 2.45) is 0 Å². The Hall–Kier alpha value is -3.85. The second-order valence-corrected chi connectivity index (χ2v) is 6.23. The van der Waals surface area contributed by atoms with E-state index in [2.05, 4.69) is 53.3 Å². The lowest BCUT2D eigenvalue weighted by molar-refractivity contribution is -0.122. The van der Waals surface area contributed by atoms with E-state index in [1.807, 2.05) is 45.9 Å². The molecule has 0 atom stereocenters. The van der Waals surface area contributed by atoms with E-state index in [-0.39, 0.29) is 12.5 Å². The van der Waals surface area contributed by atoms with Crippen LogP contribution in [0, 0.1) is 13.8 Å². The molecule has 0 aliphatic carbocycles. The molecule has 35 heavy (non-hydrogen) atoms. The van der Waals surface area contributed by atoms with Crippen LogP contribution in [-0.4, -0.2) is 42.3 Å². The van der Waals surface area contributed by atoms with Crippen LogP contribution >= 0.6 is 0 Å². The molecule has 2 aromatic heterocycles. The summed E-state index contributed by atoms with van der Waals surface area (Å²) >= 11 is 0. The van der Waals surface area contributed by atoms with Gasteiger partial charge in [0.1, 0.15) is 11.5 Å². The maximum atomic E-state index is 10.5. The van der Waals surface area contributed by atoms with Crippen molar-refractivity contribution in [3.8, 4) is 0 Å². The standard InChI is InChI=1S/C12H11NO.C5H7NO.C4H9N3O2.C3H8.C2H6/c1-3-5-10(4-2)11-6-7-13-12(8-11)9-14;1-4-3-5(2)7-6-4;1-5-7-4(9)2-6-3-8;1-3-2;1-2/h3-9H,1-2H2;3H,1-2H3;3,5H,2H2,1H3,(H,6,8)(H,7,9);3H2,1-2H3;1-2H3/b10-5+;;;;. The number of nitrogens with one attached hydrogen (secondary N) is 3. The molecule has 0 bridgehead atoms. The summed E-state index contributed by atoms with van der Waals surface area (Å²) in [5.41, 5.74) is 7.88. The number of allylic oxidation sites excluding steroid dienone is 4. The highest BCUT2D eigenvalue weighted by molar-refractivity contribution is 5.79. The highest BCUT2D eigenvalue weighted by Gasteiger charge is 1.98. The largest absolute Gasteiger partial charge is 0.361 e. The SMILES string of the molecule is C=C/C=C(\C=C)c1ccnc(C=O)c1.CC.CCC.CNNC(=O)CNC=O.Cc1cc(C)on1. The Labute approximate surface area is 209 Å². The van der Waals surface area contributed by atoms with Gasteiger partial charge < -0.3 is 9.84 Å². The van der Waals surface area contributed by atoms with Gasteiger partial charge in [0, 0.05) is 19.3 Å². The Morgan fingerprint density at radius 1 is 1.14 bits per heavy atom. The number of hydrogen-bond donors (Lipinski definition) is 3. The summed E-state index contributed by atoms with van der Waals surface area (Å²) in [6, 6.07) is 5.42. The van der Waals surface area contributed by atoms with Crippen LogP contribution in [0.3, 0.4) is 0 Å². The van der Waals surface area contributed by atoms with Gasteiger partial charge in [-0.2, -0.15) is 0 Å². The number of rotatable bonds is 8. The minimum atomic E-state index is -0.274. The summed E-state index contributed by atoms with van der Waals surface area (Å²) in [5, 5.41) is 5.84. The maximum absolute atomic E-state index is 10.5. The smallest absolute Gasteiger partial charge is 0.253 e. The molecule has 194 valence electrons. The van der Waals surface area contributed by atoms with Crippen molar-refractivity contribution < 1.29 is 18.9 Å². The Morgan fingerprint density at radius 3 is 2.14 bits per heavy atom. The first-order chi connectivity index (χ1) is 16.8. The highest BCUT2D eigenvalue weighted by Crippen LogP contribution is 2.15. The molecule has 2 heterocycles. The van der Waals surface area contributed by atoms with Crippen LogP contribution in [0.2, 0.25) is 0 Å². The first kappa shape index (κ1) is 35.7. The molecular weight excluding hydrogens is 446 g/mol. The molecule has 0 radical (unpaired) electrons. The molecule has 0 spiro atoms. The number of aromatic nitrogens is 2. The number of nitrogens with zero attached hydrogens (tertiary/aromatic N) is 2. The van der Waals surface area contributed by atoms with Gasteiger partial charge in [-0.25, -0.2) is 5.43 Å². The van der Waals surface area contributed by atoms with Gasteiger partial charge >= 0.3 is 0 Å². The lowest BCUT2D eigenvalue weighted by atomic mass is 10.1. The molecule has 0 aromatic carbocycles. The number of hydrogen-bond acceptors (Lipinski definition) is 7. The predicted molar refractivity (Wildman–Crippen MR) is 143 cm³/mol. The number of pyridine rings is 1. The van der Waals surface area contributed by atoms with Gasteiger partial charge in [0.25, 0.3) is 5.91 Å². The van der Waals surface area contributed by atoms with E-state index >= 15 is 0 Å². The quantitative estimate of drug-likeness (QED) is 0.287.